The summed E-state index contributed by atoms with van der Waals surface area (Å²) in [7, 11) is 0. The smallest absolute Gasteiger partial charge is 0.240 e. The Morgan fingerprint density at radius 1 is 1.09 bits per heavy atom. The molecule has 2 amide bonds. The maximum atomic E-state index is 13.9. The van der Waals surface area contributed by atoms with Crippen molar-refractivity contribution in [1.82, 2.24) is 15.2 Å². The molecule has 4 rings (SSSR count). The number of nitrogens with one attached hydrogen (secondary N) is 2. The Balaban J connectivity index is 1.22. The van der Waals surface area contributed by atoms with E-state index in [9.17, 15) is 18.4 Å². The van der Waals surface area contributed by atoms with Crippen LogP contribution in [-0.2, 0) is 16.1 Å². The minimum absolute atomic E-state index is 0.0443. The molecule has 1 aliphatic heterocycles. The van der Waals surface area contributed by atoms with Gasteiger partial charge in [-0.2, -0.15) is 0 Å². The zero-order valence-electron chi connectivity index (χ0n) is 17.9. The summed E-state index contributed by atoms with van der Waals surface area (Å²) in [4.78, 5) is 31.1. The first-order chi connectivity index (χ1) is 16.0. The van der Waals surface area contributed by atoms with E-state index < -0.39 is 11.6 Å². The average molecular weight is 471 g/mol. The first-order valence-electron chi connectivity index (χ1n) is 10.7. The van der Waals surface area contributed by atoms with Crippen LogP contribution < -0.4 is 10.6 Å². The molecular weight excluding hydrogens is 446 g/mol. The number of likely N-dealkylation sites (tertiary alicyclic amines) is 1. The van der Waals surface area contributed by atoms with Crippen molar-refractivity contribution >= 4 is 28.3 Å². The van der Waals surface area contributed by atoms with Gasteiger partial charge >= 0.3 is 0 Å². The van der Waals surface area contributed by atoms with E-state index in [1.54, 1.807) is 5.38 Å². The maximum Gasteiger partial charge on any atom is 0.240 e. The number of carbonyl (C=O) groups is 2. The Morgan fingerprint density at radius 2 is 1.85 bits per heavy atom. The first kappa shape index (κ1) is 23.0. The molecular formula is C24H24F2N4O2S. The lowest BCUT2D eigenvalue weighted by Crippen LogP contribution is -2.43. The molecule has 1 aliphatic rings. The highest BCUT2D eigenvalue weighted by Crippen LogP contribution is 2.27. The molecule has 33 heavy (non-hydrogen) atoms. The third-order valence-corrected chi connectivity index (χ3v) is 6.35. The molecule has 1 aromatic heterocycles. The normalized spacial score (nSPS) is 14.7. The second-order valence-corrected chi connectivity index (χ2v) is 8.82. The summed E-state index contributed by atoms with van der Waals surface area (Å²) < 4.78 is 27.4. The van der Waals surface area contributed by atoms with Gasteiger partial charge in [0.15, 0.2) is 5.13 Å². The van der Waals surface area contributed by atoms with Gasteiger partial charge in [-0.1, -0.05) is 30.3 Å². The minimum atomic E-state index is -0.574. The Hall–Kier alpha value is -3.17. The maximum absolute atomic E-state index is 13.9. The van der Waals surface area contributed by atoms with E-state index in [2.05, 4.69) is 15.6 Å². The number of halogens is 2. The van der Waals surface area contributed by atoms with Crippen LogP contribution in [0.3, 0.4) is 0 Å². The van der Waals surface area contributed by atoms with Crippen LogP contribution in [0.4, 0.5) is 13.9 Å². The number of anilines is 1. The molecule has 2 N–H and O–H groups in total. The highest BCUT2D eigenvalue weighted by Gasteiger charge is 2.26. The molecule has 172 valence electrons. The molecule has 2 aromatic carbocycles. The van der Waals surface area contributed by atoms with E-state index in [0.29, 0.717) is 37.6 Å². The highest BCUT2D eigenvalue weighted by atomic mass is 32.1. The van der Waals surface area contributed by atoms with Gasteiger partial charge in [0.2, 0.25) is 11.8 Å². The second-order valence-electron chi connectivity index (χ2n) is 7.96. The van der Waals surface area contributed by atoms with Gasteiger partial charge in [-0.25, -0.2) is 13.8 Å². The zero-order valence-corrected chi connectivity index (χ0v) is 18.7. The fourth-order valence-corrected chi connectivity index (χ4v) is 4.52. The number of amides is 2. The Bertz CT molecular complexity index is 1110. The third-order valence-electron chi connectivity index (χ3n) is 5.59. The number of rotatable bonds is 7. The van der Waals surface area contributed by atoms with Crippen LogP contribution in [0.15, 0.2) is 53.9 Å². The van der Waals surface area contributed by atoms with Crippen LogP contribution >= 0.6 is 11.3 Å². The molecule has 0 spiro atoms. The molecule has 6 nitrogen and oxygen atoms in total. The molecule has 0 unspecified atom stereocenters. The van der Waals surface area contributed by atoms with Crippen LogP contribution in [0, 0.1) is 17.6 Å². The van der Waals surface area contributed by atoms with Crippen molar-refractivity contribution in [2.75, 3.05) is 25.0 Å². The zero-order chi connectivity index (χ0) is 23.2. The van der Waals surface area contributed by atoms with E-state index in [0.717, 1.165) is 35.1 Å². The average Bonchev–Trinajstić information content (AvgIpc) is 3.28. The summed E-state index contributed by atoms with van der Waals surface area (Å²) >= 11 is 1.15. The fourth-order valence-electron chi connectivity index (χ4n) is 3.79. The SMILES string of the molecule is O=C(CN1CCC(C(=O)NCc2ccccc2)CC1)Nc1nc(-c2cc(F)ccc2F)cs1. The summed E-state index contributed by atoms with van der Waals surface area (Å²) in [6, 6.07) is 12.9. The molecule has 0 saturated carbocycles. The molecule has 2 heterocycles. The Labute approximate surface area is 194 Å². The predicted octanol–water partition coefficient (Wildman–Crippen LogP) is 4.06. The fraction of sp³-hybridized carbons (Fsp3) is 0.292. The monoisotopic (exact) mass is 470 g/mol. The topological polar surface area (TPSA) is 74.3 Å². The number of thiazole rings is 1. The van der Waals surface area contributed by atoms with E-state index in [4.69, 9.17) is 0 Å². The van der Waals surface area contributed by atoms with E-state index >= 15 is 0 Å². The van der Waals surface area contributed by atoms with Gasteiger partial charge < -0.3 is 10.6 Å². The molecule has 9 heteroatoms. The van der Waals surface area contributed by atoms with Gasteiger partial charge in [0.25, 0.3) is 0 Å². The van der Waals surface area contributed by atoms with Gasteiger partial charge in [-0.15, -0.1) is 11.3 Å². The largest absolute Gasteiger partial charge is 0.352 e. The molecule has 0 atom stereocenters. The van der Waals surface area contributed by atoms with Crippen molar-refractivity contribution < 1.29 is 18.4 Å². The predicted molar refractivity (Wildman–Crippen MR) is 124 cm³/mol. The van der Waals surface area contributed by atoms with Gasteiger partial charge in [-0.05, 0) is 49.7 Å². The van der Waals surface area contributed by atoms with E-state index in [1.807, 2.05) is 35.2 Å². The third kappa shape index (κ3) is 6.21. The van der Waals surface area contributed by atoms with Crippen LogP contribution in [0.2, 0.25) is 0 Å². The van der Waals surface area contributed by atoms with Gasteiger partial charge in [0.05, 0.1) is 12.2 Å². The number of hydrogen-bond acceptors (Lipinski definition) is 5. The van der Waals surface area contributed by atoms with Gasteiger partial charge in [0.1, 0.15) is 11.6 Å². The van der Waals surface area contributed by atoms with Gasteiger partial charge in [0, 0.05) is 23.4 Å². The van der Waals surface area contributed by atoms with E-state index in [1.165, 1.54) is 0 Å². The number of benzene rings is 2. The molecule has 1 saturated heterocycles. The number of nitrogens with zero attached hydrogens (tertiary/aromatic N) is 2. The Kier molecular flexibility index (Phi) is 7.41. The van der Waals surface area contributed by atoms with E-state index in [-0.39, 0.29) is 35.5 Å². The van der Waals surface area contributed by atoms with Crippen LogP contribution in [0.25, 0.3) is 11.3 Å². The van der Waals surface area contributed by atoms with Crippen molar-refractivity contribution in [1.29, 1.82) is 0 Å². The lowest BCUT2D eigenvalue weighted by molar-refractivity contribution is -0.126. The summed E-state index contributed by atoms with van der Waals surface area (Å²) in [6.07, 6.45) is 1.38. The summed E-state index contributed by atoms with van der Waals surface area (Å²) in [5.74, 6) is -1.38. The van der Waals surface area contributed by atoms with Crippen molar-refractivity contribution in [3.8, 4) is 11.3 Å². The minimum Gasteiger partial charge on any atom is -0.352 e. The number of piperidine rings is 1. The molecule has 1 fully saturated rings. The standard InChI is InChI=1S/C24H24F2N4O2S/c25-18-6-7-20(26)19(12-18)21-15-33-24(28-21)29-22(31)14-30-10-8-17(9-11-30)23(32)27-13-16-4-2-1-3-5-16/h1-7,12,15,17H,8-11,13-14H2,(H,27,32)(H,28,29,31). The summed E-state index contributed by atoms with van der Waals surface area (Å²) in [6.45, 7) is 1.99. The molecule has 0 aliphatic carbocycles. The second kappa shape index (κ2) is 10.6. The molecule has 3 aromatic rings. The summed E-state index contributed by atoms with van der Waals surface area (Å²) in [5, 5.41) is 7.61. The first-order valence-corrected chi connectivity index (χ1v) is 11.6. The van der Waals surface area contributed by atoms with Crippen LogP contribution in [0.1, 0.15) is 18.4 Å². The van der Waals surface area contributed by atoms with Crippen molar-refractivity contribution in [3.05, 3.63) is 71.1 Å². The quantitative estimate of drug-likeness (QED) is 0.546. The number of hydrogen-bond donors (Lipinski definition) is 2. The molecule has 0 radical (unpaired) electrons. The van der Waals surface area contributed by atoms with Gasteiger partial charge in [-0.3, -0.25) is 14.5 Å². The summed E-state index contributed by atoms with van der Waals surface area (Å²) in [5.41, 5.74) is 1.39. The number of carbonyl (C=O) groups excluding carboxylic acids is 2. The Morgan fingerprint density at radius 3 is 2.61 bits per heavy atom. The molecule has 0 bridgehead atoms. The highest BCUT2D eigenvalue weighted by molar-refractivity contribution is 7.14. The van der Waals surface area contributed by atoms with Crippen LogP contribution in [0.5, 0.6) is 0 Å². The lowest BCUT2D eigenvalue weighted by Gasteiger charge is -2.30. The lowest BCUT2D eigenvalue weighted by atomic mass is 9.96. The van der Waals surface area contributed by atoms with Crippen molar-refractivity contribution in [2.45, 2.75) is 19.4 Å². The van der Waals surface area contributed by atoms with Crippen LogP contribution in [-0.4, -0.2) is 41.3 Å². The van der Waals surface area contributed by atoms with Crippen molar-refractivity contribution in [3.63, 3.8) is 0 Å². The van der Waals surface area contributed by atoms with Crippen molar-refractivity contribution in [2.24, 2.45) is 5.92 Å². The number of aromatic nitrogens is 1.